The van der Waals surface area contributed by atoms with Gasteiger partial charge in [-0.25, -0.2) is 13.6 Å². The molecule has 2 aliphatic rings. The van der Waals surface area contributed by atoms with Crippen LogP contribution in [-0.2, 0) is 10.0 Å². The highest BCUT2D eigenvalue weighted by atomic mass is 35.5. The Balaban J connectivity index is 0.00000210. The van der Waals surface area contributed by atoms with E-state index >= 15 is 0 Å². The number of amides is 1. The lowest BCUT2D eigenvalue weighted by molar-refractivity contribution is 0.0714. The van der Waals surface area contributed by atoms with Crippen molar-refractivity contribution in [2.24, 2.45) is 17.0 Å². The van der Waals surface area contributed by atoms with Gasteiger partial charge in [0.25, 0.3) is 5.91 Å². The van der Waals surface area contributed by atoms with E-state index in [1.807, 2.05) is 23.1 Å². The van der Waals surface area contributed by atoms with Crippen molar-refractivity contribution in [2.45, 2.75) is 10.9 Å². The molecule has 2 aromatic rings. The minimum absolute atomic E-state index is 0. The van der Waals surface area contributed by atoms with Gasteiger partial charge in [0, 0.05) is 31.1 Å². The zero-order valence-corrected chi connectivity index (χ0v) is 16.2. The molecule has 2 heterocycles. The standard InChI is InChI=1S/C19H21N3O3S.ClH/c20-26(24,25)16-8-6-14(7-9-16)19(23)22-12-15-10-21-11-17(15)18(22)13-4-2-1-3-5-13;/h1-9,15,17-18,21H,10-12H2,(H2,20,24,25);1H/t15-,17-,18+;/m0./s1. The van der Waals surface area contributed by atoms with Crippen molar-refractivity contribution >= 4 is 28.3 Å². The van der Waals surface area contributed by atoms with Crippen LogP contribution in [0.25, 0.3) is 0 Å². The van der Waals surface area contributed by atoms with Gasteiger partial charge in [0.15, 0.2) is 0 Å². The van der Waals surface area contributed by atoms with Gasteiger partial charge in [-0.2, -0.15) is 0 Å². The maximum absolute atomic E-state index is 13.1. The molecule has 3 N–H and O–H groups in total. The zero-order chi connectivity index (χ0) is 18.3. The van der Waals surface area contributed by atoms with E-state index in [1.165, 1.54) is 24.3 Å². The molecule has 144 valence electrons. The van der Waals surface area contributed by atoms with Crippen LogP contribution in [0.3, 0.4) is 0 Å². The molecule has 27 heavy (non-hydrogen) atoms. The number of carbonyl (C=O) groups is 1. The number of hydrogen-bond acceptors (Lipinski definition) is 4. The fraction of sp³-hybridized carbons (Fsp3) is 0.316. The first-order valence-corrected chi connectivity index (χ1v) is 10.2. The highest BCUT2D eigenvalue weighted by molar-refractivity contribution is 7.89. The summed E-state index contributed by atoms with van der Waals surface area (Å²) in [5.74, 6) is 0.757. The third kappa shape index (κ3) is 3.73. The topological polar surface area (TPSA) is 92.5 Å². The molecule has 0 radical (unpaired) electrons. The first-order valence-electron chi connectivity index (χ1n) is 8.64. The third-order valence-corrected chi connectivity index (χ3v) is 6.33. The monoisotopic (exact) mass is 407 g/mol. The molecular weight excluding hydrogens is 386 g/mol. The molecule has 1 amide bonds. The highest BCUT2D eigenvalue weighted by Gasteiger charge is 2.46. The van der Waals surface area contributed by atoms with Crippen LogP contribution in [0.2, 0.25) is 0 Å². The Bertz CT molecular complexity index is 919. The fourth-order valence-electron chi connectivity index (χ4n) is 4.16. The normalized spacial score (nSPS) is 24.3. The van der Waals surface area contributed by atoms with Gasteiger partial charge in [-0.3, -0.25) is 4.79 Å². The molecule has 2 saturated heterocycles. The molecule has 2 fully saturated rings. The Labute approximate surface area is 165 Å². The lowest BCUT2D eigenvalue weighted by Gasteiger charge is -2.28. The zero-order valence-electron chi connectivity index (χ0n) is 14.6. The number of primary sulfonamides is 1. The van der Waals surface area contributed by atoms with Crippen molar-refractivity contribution in [3.8, 4) is 0 Å². The number of nitrogens with zero attached hydrogens (tertiary/aromatic N) is 1. The van der Waals surface area contributed by atoms with Crippen LogP contribution in [0.1, 0.15) is 22.0 Å². The van der Waals surface area contributed by atoms with Gasteiger partial charge in [0.1, 0.15) is 0 Å². The van der Waals surface area contributed by atoms with Crippen LogP contribution in [0.4, 0.5) is 0 Å². The maximum Gasteiger partial charge on any atom is 0.254 e. The summed E-state index contributed by atoms with van der Waals surface area (Å²) in [6.07, 6.45) is 0. The van der Waals surface area contributed by atoms with E-state index in [2.05, 4.69) is 17.4 Å². The van der Waals surface area contributed by atoms with Crippen LogP contribution in [0, 0.1) is 11.8 Å². The molecule has 8 heteroatoms. The van der Waals surface area contributed by atoms with E-state index in [0.717, 1.165) is 18.7 Å². The van der Waals surface area contributed by atoms with Crippen LogP contribution >= 0.6 is 12.4 Å². The Hall–Kier alpha value is -1.93. The number of sulfonamides is 1. The molecule has 0 aromatic heterocycles. The Morgan fingerprint density at radius 1 is 1.04 bits per heavy atom. The van der Waals surface area contributed by atoms with Crippen molar-refractivity contribution in [2.75, 3.05) is 19.6 Å². The predicted molar refractivity (Wildman–Crippen MR) is 105 cm³/mol. The summed E-state index contributed by atoms with van der Waals surface area (Å²) in [5, 5.41) is 8.56. The van der Waals surface area contributed by atoms with Gasteiger partial charge < -0.3 is 10.2 Å². The minimum atomic E-state index is -3.76. The van der Waals surface area contributed by atoms with Crippen LogP contribution in [-0.4, -0.2) is 38.9 Å². The van der Waals surface area contributed by atoms with Crippen LogP contribution < -0.4 is 10.5 Å². The van der Waals surface area contributed by atoms with Crippen LogP contribution in [0.15, 0.2) is 59.5 Å². The minimum Gasteiger partial charge on any atom is -0.331 e. The summed E-state index contributed by atoms with van der Waals surface area (Å²) in [7, 11) is -3.76. The molecule has 0 bridgehead atoms. The Morgan fingerprint density at radius 2 is 1.70 bits per heavy atom. The predicted octanol–water partition coefficient (Wildman–Crippen LogP) is 1.79. The lowest BCUT2D eigenvalue weighted by atomic mass is 9.89. The third-order valence-electron chi connectivity index (χ3n) is 5.40. The molecule has 0 spiro atoms. The largest absolute Gasteiger partial charge is 0.331 e. The smallest absolute Gasteiger partial charge is 0.254 e. The second-order valence-electron chi connectivity index (χ2n) is 6.96. The molecule has 4 rings (SSSR count). The van der Waals surface area contributed by atoms with Gasteiger partial charge in [0.2, 0.25) is 10.0 Å². The van der Waals surface area contributed by atoms with Crippen molar-refractivity contribution in [3.05, 3.63) is 65.7 Å². The second kappa shape index (κ2) is 7.59. The number of rotatable bonds is 3. The number of carbonyl (C=O) groups excluding carboxylic acids is 1. The van der Waals surface area contributed by atoms with E-state index < -0.39 is 10.0 Å². The van der Waals surface area contributed by atoms with Crippen molar-refractivity contribution < 1.29 is 13.2 Å². The van der Waals surface area contributed by atoms with Gasteiger partial charge in [-0.05, 0) is 35.7 Å². The van der Waals surface area contributed by atoms with Gasteiger partial charge in [0.05, 0.1) is 10.9 Å². The molecule has 0 aliphatic carbocycles. The summed E-state index contributed by atoms with van der Waals surface area (Å²) >= 11 is 0. The lowest BCUT2D eigenvalue weighted by Crippen LogP contribution is -2.34. The van der Waals surface area contributed by atoms with E-state index in [-0.39, 0.29) is 29.3 Å². The van der Waals surface area contributed by atoms with Crippen molar-refractivity contribution in [3.63, 3.8) is 0 Å². The Kier molecular flexibility index (Phi) is 5.58. The van der Waals surface area contributed by atoms with Gasteiger partial charge in [-0.1, -0.05) is 30.3 Å². The maximum atomic E-state index is 13.1. The summed E-state index contributed by atoms with van der Waals surface area (Å²) < 4.78 is 22.8. The van der Waals surface area contributed by atoms with Gasteiger partial charge >= 0.3 is 0 Å². The van der Waals surface area contributed by atoms with E-state index in [9.17, 15) is 13.2 Å². The summed E-state index contributed by atoms with van der Waals surface area (Å²) in [5.41, 5.74) is 1.62. The fourth-order valence-corrected chi connectivity index (χ4v) is 4.68. The number of nitrogens with two attached hydrogens (primary N) is 1. The SMILES string of the molecule is Cl.NS(=O)(=O)c1ccc(C(=O)N2C[C@@H]3CNC[C@@H]3[C@H]2c2ccccc2)cc1. The van der Waals surface area contributed by atoms with Gasteiger partial charge in [-0.15, -0.1) is 12.4 Å². The quantitative estimate of drug-likeness (QED) is 0.811. The van der Waals surface area contributed by atoms with Crippen molar-refractivity contribution in [1.29, 1.82) is 0 Å². The van der Waals surface area contributed by atoms with Crippen molar-refractivity contribution in [1.82, 2.24) is 10.2 Å². The molecular formula is C19H22ClN3O3S. The average Bonchev–Trinajstić information content (AvgIpc) is 3.22. The molecule has 3 atom stereocenters. The summed E-state index contributed by atoms with van der Waals surface area (Å²) in [4.78, 5) is 15.1. The number of benzene rings is 2. The molecule has 2 aliphatic heterocycles. The van der Waals surface area contributed by atoms with E-state index in [1.54, 1.807) is 0 Å². The first-order chi connectivity index (χ1) is 12.4. The summed E-state index contributed by atoms with van der Waals surface area (Å²) in [6.45, 7) is 2.52. The van der Waals surface area contributed by atoms with E-state index in [4.69, 9.17) is 5.14 Å². The number of fused-ring (bicyclic) bond motifs is 1. The highest BCUT2D eigenvalue weighted by Crippen LogP contribution is 2.43. The number of likely N-dealkylation sites (tertiary alicyclic amines) is 1. The van der Waals surface area contributed by atoms with Crippen LogP contribution in [0.5, 0.6) is 0 Å². The molecule has 0 unspecified atom stereocenters. The molecule has 0 saturated carbocycles. The second-order valence-corrected chi connectivity index (χ2v) is 8.53. The number of hydrogen-bond donors (Lipinski definition) is 2. The average molecular weight is 408 g/mol. The summed E-state index contributed by atoms with van der Waals surface area (Å²) in [6, 6.07) is 16.0. The Morgan fingerprint density at radius 3 is 2.33 bits per heavy atom. The van der Waals surface area contributed by atoms with E-state index in [0.29, 0.717) is 23.9 Å². The number of halogens is 1. The first kappa shape index (κ1) is 19.8. The molecule has 2 aromatic carbocycles. The molecule has 6 nitrogen and oxygen atoms in total. The number of nitrogens with one attached hydrogen (secondary N) is 1.